The molecule has 1 atom stereocenters. The van der Waals surface area contributed by atoms with Gasteiger partial charge in [-0.25, -0.2) is 0 Å². The van der Waals surface area contributed by atoms with Crippen LogP contribution in [0.1, 0.15) is 23.7 Å². The van der Waals surface area contributed by atoms with Gasteiger partial charge in [-0.3, -0.25) is 4.68 Å². The SMILES string of the molecule is Cc1nn(C)c(Cl)c1COc1ccccc1CC(C)N. The molecule has 1 aromatic carbocycles. The molecule has 1 heterocycles. The van der Waals surface area contributed by atoms with E-state index < -0.39 is 0 Å². The maximum atomic E-state index is 6.20. The minimum Gasteiger partial charge on any atom is -0.488 e. The molecule has 2 N–H and O–H groups in total. The smallest absolute Gasteiger partial charge is 0.133 e. The second-order valence-corrected chi connectivity index (χ2v) is 5.41. The van der Waals surface area contributed by atoms with E-state index in [1.54, 1.807) is 4.68 Å². The second-order valence-electron chi connectivity index (χ2n) is 5.06. The van der Waals surface area contributed by atoms with Crippen LogP contribution in [0.25, 0.3) is 0 Å². The summed E-state index contributed by atoms with van der Waals surface area (Å²) < 4.78 is 7.56. The van der Waals surface area contributed by atoms with Crippen LogP contribution in [0.5, 0.6) is 5.75 Å². The molecule has 0 spiro atoms. The Labute approximate surface area is 124 Å². The molecular formula is C15H20ClN3O. The van der Waals surface area contributed by atoms with E-state index in [0.29, 0.717) is 11.8 Å². The lowest BCUT2D eigenvalue weighted by molar-refractivity contribution is 0.301. The lowest BCUT2D eigenvalue weighted by atomic mass is 10.1. The fraction of sp³-hybridized carbons (Fsp3) is 0.400. The van der Waals surface area contributed by atoms with Gasteiger partial charge in [-0.05, 0) is 31.9 Å². The average Bonchev–Trinajstić information content (AvgIpc) is 2.62. The first-order chi connectivity index (χ1) is 9.49. The van der Waals surface area contributed by atoms with Crippen molar-refractivity contribution >= 4 is 11.6 Å². The van der Waals surface area contributed by atoms with Crippen LogP contribution in [0, 0.1) is 6.92 Å². The summed E-state index contributed by atoms with van der Waals surface area (Å²) >= 11 is 6.20. The highest BCUT2D eigenvalue weighted by Crippen LogP contribution is 2.24. The first-order valence-electron chi connectivity index (χ1n) is 6.63. The molecule has 1 aromatic heterocycles. The number of hydrogen-bond acceptors (Lipinski definition) is 3. The molecular weight excluding hydrogens is 274 g/mol. The molecule has 0 bridgehead atoms. The third-order valence-corrected chi connectivity index (χ3v) is 3.63. The molecule has 0 fully saturated rings. The molecule has 0 saturated heterocycles. The Balaban J connectivity index is 2.15. The summed E-state index contributed by atoms with van der Waals surface area (Å²) in [6.45, 7) is 4.33. The van der Waals surface area contributed by atoms with Gasteiger partial charge in [0.05, 0.1) is 5.69 Å². The van der Waals surface area contributed by atoms with Gasteiger partial charge in [-0.15, -0.1) is 0 Å². The van der Waals surface area contributed by atoms with Crippen molar-refractivity contribution in [3.05, 3.63) is 46.2 Å². The zero-order valence-corrected chi connectivity index (χ0v) is 12.8. The van der Waals surface area contributed by atoms with Crippen molar-refractivity contribution in [2.75, 3.05) is 0 Å². The topological polar surface area (TPSA) is 53.1 Å². The highest BCUT2D eigenvalue weighted by atomic mass is 35.5. The quantitative estimate of drug-likeness (QED) is 0.922. The van der Waals surface area contributed by atoms with Crippen LogP contribution in [0.3, 0.4) is 0 Å². The van der Waals surface area contributed by atoms with Crippen molar-refractivity contribution in [2.45, 2.75) is 32.9 Å². The predicted octanol–water partition coefficient (Wildman–Crippen LogP) is 2.85. The minimum atomic E-state index is 0.100. The van der Waals surface area contributed by atoms with Gasteiger partial charge in [0.2, 0.25) is 0 Å². The predicted molar refractivity (Wildman–Crippen MR) is 81.1 cm³/mol. The van der Waals surface area contributed by atoms with E-state index in [9.17, 15) is 0 Å². The molecule has 0 radical (unpaired) electrons. The Hall–Kier alpha value is -1.52. The zero-order valence-electron chi connectivity index (χ0n) is 12.1. The summed E-state index contributed by atoms with van der Waals surface area (Å²) in [5.41, 5.74) is 8.79. The fourth-order valence-electron chi connectivity index (χ4n) is 2.15. The molecule has 20 heavy (non-hydrogen) atoms. The van der Waals surface area contributed by atoms with E-state index in [1.165, 1.54) is 0 Å². The van der Waals surface area contributed by atoms with Crippen LogP contribution < -0.4 is 10.5 Å². The van der Waals surface area contributed by atoms with E-state index >= 15 is 0 Å². The second kappa shape index (κ2) is 6.29. The maximum absolute atomic E-state index is 6.20. The molecule has 2 rings (SSSR count). The Bertz CT molecular complexity index is 593. The van der Waals surface area contributed by atoms with Gasteiger partial charge >= 0.3 is 0 Å². The third-order valence-electron chi connectivity index (χ3n) is 3.16. The molecule has 108 valence electrons. The summed E-state index contributed by atoms with van der Waals surface area (Å²) in [6, 6.07) is 8.04. The number of para-hydroxylation sites is 1. The van der Waals surface area contributed by atoms with Crippen LogP contribution in [0.2, 0.25) is 5.15 Å². The van der Waals surface area contributed by atoms with E-state index in [2.05, 4.69) is 5.10 Å². The highest BCUT2D eigenvalue weighted by molar-refractivity contribution is 6.30. The number of aromatic nitrogens is 2. The van der Waals surface area contributed by atoms with E-state index in [0.717, 1.165) is 29.0 Å². The Morgan fingerprint density at radius 1 is 1.40 bits per heavy atom. The van der Waals surface area contributed by atoms with E-state index in [4.69, 9.17) is 22.1 Å². The van der Waals surface area contributed by atoms with Crippen molar-refractivity contribution in [1.82, 2.24) is 9.78 Å². The Morgan fingerprint density at radius 3 is 2.70 bits per heavy atom. The van der Waals surface area contributed by atoms with Crippen LogP contribution >= 0.6 is 11.6 Å². The van der Waals surface area contributed by atoms with Gasteiger partial charge in [0.25, 0.3) is 0 Å². The largest absolute Gasteiger partial charge is 0.488 e. The molecule has 2 aromatic rings. The van der Waals surface area contributed by atoms with E-state index in [1.807, 2.05) is 45.2 Å². The number of halogens is 1. The zero-order chi connectivity index (χ0) is 14.7. The Kier molecular flexibility index (Phi) is 4.68. The average molecular weight is 294 g/mol. The summed E-state index contributed by atoms with van der Waals surface area (Å²) in [6.07, 6.45) is 0.788. The van der Waals surface area contributed by atoms with Crippen molar-refractivity contribution in [3.63, 3.8) is 0 Å². The molecule has 1 unspecified atom stereocenters. The van der Waals surface area contributed by atoms with Crippen molar-refractivity contribution < 1.29 is 4.74 Å². The van der Waals surface area contributed by atoms with Gasteiger partial charge in [-0.1, -0.05) is 29.8 Å². The summed E-state index contributed by atoms with van der Waals surface area (Å²) in [4.78, 5) is 0. The van der Waals surface area contributed by atoms with Crippen LogP contribution in [-0.4, -0.2) is 15.8 Å². The number of aryl methyl sites for hydroxylation is 2. The van der Waals surface area contributed by atoms with Crippen LogP contribution in [-0.2, 0) is 20.1 Å². The highest BCUT2D eigenvalue weighted by Gasteiger charge is 2.13. The number of hydrogen-bond donors (Lipinski definition) is 1. The monoisotopic (exact) mass is 293 g/mol. The molecule has 4 nitrogen and oxygen atoms in total. The van der Waals surface area contributed by atoms with Crippen LogP contribution in [0.15, 0.2) is 24.3 Å². The normalized spacial score (nSPS) is 12.4. The number of nitrogens with two attached hydrogens (primary N) is 1. The number of rotatable bonds is 5. The number of benzene rings is 1. The standard InChI is InChI=1S/C15H20ClN3O/c1-10(17)8-12-6-4-5-7-14(12)20-9-13-11(2)18-19(3)15(13)16/h4-7,10H,8-9,17H2,1-3H3. The molecule has 0 saturated carbocycles. The van der Waals surface area contributed by atoms with Crippen LogP contribution in [0.4, 0.5) is 0 Å². The lowest BCUT2D eigenvalue weighted by Gasteiger charge is -2.13. The lowest BCUT2D eigenvalue weighted by Crippen LogP contribution is -2.18. The van der Waals surface area contributed by atoms with Gasteiger partial charge in [0, 0.05) is 18.7 Å². The Morgan fingerprint density at radius 2 is 2.10 bits per heavy atom. The molecule has 0 aliphatic rings. The van der Waals surface area contributed by atoms with Gasteiger partial charge < -0.3 is 10.5 Å². The molecule has 0 aliphatic heterocycles. The third kappa shape index (κ3) is 3.32. The van der Waals surface area contributed by atoms with Gasteiger partial charge in [0.1, 0.15) is 17.5 Å². The number of ether oxygens (including phenoxy) is 1. The maximum Gasteiger partial charge on any atom is 0.133 e. The van der Waals surface area contributed by atoms with Crippen molar-refractivity contribution in [1.29, 1.82) is 0 Å². The van der Waals surface area contributed by atoms with Gasteiger partial charge in [0.15, 0.2) is 0 Å². The first kappa shape index (κ1) is 14.9. The summed E-state index contributed by atoms with van der Waals surface area (Å²) in [5, 5.41) is 4.90. The minimum absolute atomic E-state index is 0.100. The van der Waals surface area contributed by atoms with Gasteiger partial charge in [-0.2, -0.15) is 5.10 Å². The van der Waals surface area contributed by atoms with Crippen molar-refractivity contribution in [3.8, 4) is 5.75 Å². The molecule has 0 amide bonds. The summed E-state index contributed by atoms with van der Waals surface area (Å²) in [7, 11) is 1.82. The first-order valence-corrected chi connectivity index (χ1v) is 7.01. The van der Waals surface area contributed by atoms with E-state index in [-0.39, 0.29) is 6.04 Å². The fourth-order valence-corrected chi connectivity index (χ4v) is 2.38. The number of nitrogens with zero attached hydrogens (tertiary/aromatic N) is 2. The summed E-state index contributed by atoms with van der Waals surface area (Å²) in [5.74, 6) is 0.851. The molecule has 5 heteroatoms. The van der Waals surface area contributed by atoms with Crippen molar-refractivity contribution in [2.24, 2.45) is 12.8 Å². The molecule has 0 aliphatic carbocycles.